The molecule has 6 nitrogen and oxygen atoms in total. The minimum Gasteiger partial charge on any atom is -0.479 e. The predicted molar refractivity (Wildman–Crippen MR) is 101 cm³/mol. The average Bonchev–Trinajstić information content (AvgIpc) is 3.00. The number of carbonyl (C=O) groups is 2. The van der Waals surface area contributed by atoms with Crippen molar-refractivity contribution >= 4 is 12.1 Å². The summed E-state index contributed by atoms with van der Waals surface area (Å²) in [6.07, 6.45) is -0.752. The number of hydrogen-bond donors (Lipinski definition) is 2. The SMILES string of the molecule is CCN(C(=O)OCC1c2ccccc2-c2ccccc21)C(C)(CO)C(=O)O. The molecular formula is C21H23NO5. The summed E-state index contributed by atoms with van der Waals surface area (Å²) >= 11 is 0. The molecule has 0 aliphatic heterocycles. The summed E-state index contributed by atoms with van der Waals surface area (Å²) in [5.74, 6) is -1.38. The summed E-state index contributed by atoms with van der Waals surface area (Å²) in [6, 6.07) is 16.0. The normalized spacial score (nSPS) is 14.8. The van der Waals surface area contributed by atoms with Gasteiger partial charge in [-0.25, -0.2) is 9.59 Å². The monoisotopic (exact) mass is 369 g/mol. The number of rotatable bonds is 6. The van der Waals surface area contributed by atoms with Crippen molar-refractivity contribution in [3.63, 3.8) is 0 Å². The van der Waals surface area contributed by atoms with Crippen LogP contribution in [0.5, 0.6) is 0 Å². The number of fused-ring (bicyclic) bond motifs is 3. The van der Waals surface area contributed by atoms with Gasteiger partial charge in [-0.15, -0.1) is 0 Å². The molecule has 1 unspecified atom stereocenters. The van der Waals surface area contributed by atoms with Crippen LogP contribution in [0.2, 0.25) is 0 Å². The summed E-state index contributed by atoms with van der Waals surface area (Å²) in [5.41, 5.74) is 2.67. The molecule has 0 aromatic heterocycles. The molecule has 2 aromatic rings. The summed E-state index contributed by atoms with van der Waals surface area (Å²) in [4.78, 5) is 25.2. The number of carbonyl (C=O) groups excluding carboxylic acids is 1. The first-order chi connectivity index (χ1) is 12.9. The quantitative estimate of drug-likeness (QED) is 0.817. The Morgan fingerprint density at radius 1 is 1.07 bits per heavy atom. The number of benzene rings is 2. The molecule has 27 heavy (non-hydrogen) atoms. The van der Waals surface area contributed by atoms with E-state index in [1.54, 1.807) is 6.92 Å². The van der Waals surface area contributed by atoms with E-state index in [2.05, 4.69) is 0 Å². The number of hydrogen-bond acceptors (Lipinski definition) is 4. The molecule has 1 amide bonds. The number of nitrogens with zero attached hydrogens (tertiary/aromatic N) is 1. The number of amides is 1. The predicted octanol–water partition coefficient (Wildman–Crippen LogP) is 3.09. The lowest BCUT2D eigenvalue weighted by molar-refractivity contribution is -0.152. The fraction of sp³-hybridized carbons (Fsp3) is 0.333. The Bertz CT molecular complexity index is 820. The Balaban J connectivity index is 1.82. The lowest BCUT2D eigenvalue weighted by Gasteiger charge is -2.35. The van der Waals surface area contributed by atoms with E-state index in [1.165, 1.54) is 6.92 Å². The molecule has 6 heteroatoms. The van der Waals surface area contributed by atoms with Crippen LogP contribution in [0.1, 0.15) is 30.9 Å². The van der Waals surface area contributed by atoms with Gasteiger partial charge in [0.2, 0.25) is 0 Å². The second-order valence-electron chi connectivity index (χ2n) is 6.79. The molecule has 0 bridgehead atoms. The fourth-order valence-corrected chi connectivity index (χ4v) is 3.62. The van der Waals surface area contributed by atoms with E-state index >= 15 is 0 Å². The molecule has 0 saturated carbocycles. The summed E-state index contributed by atoms with van der Waals surface area (Å²) < 4.78 is 5.50. The number of likely N-dealkylation sites (N-methyl/N-ethyl adjacent to an activating group) is 1. The lowest BCUT2D eigenvalue weighted by Crippen LogP contribution is -2.57. The molecule has 0 spiro atoms. The molecule has 0 radical (unpaired) electrons. The van der Waals surface area contributed by atoms with Crippen LogP contribution in [-0.4, -0.2) is 52.5 Å². The van der Waals surface area contributed by atoms with Crippen LogP contribution in [0, 0.1) is 0 Å². The molecule has 0 heterocycles. The van der Waals surface area contributed by atoms with Crippen LogP contribution in [0.3, 0.4) is 0 Å². The van der Waals surface area contributed by atoms with Crippen LogP contribution in [-0.2, 0) is 9.53 Å². The maximum atomic E-state index is 12.6. The van der Waals surface area contributed by atoms with Crippen molar-refractivity contribution in [2.24, 2.45) is 0 Å². The van der Waals surface area contributed by atoms with E-state index in [9.17, 15) is 19.8 Å². The van der Waals surface area contributed by atoms with Crippen LogP contribution in [0.15, 0.2) is 48.5 Å². The van der Waals surface area contributed by atoms with Gasteiger partial charge in [0, 0.05) is 12.5 Å². The summed E-state index contributed by atoms with van der Waals surface area (Å²) in [5, 5.41) is 18.9. The molecule has 1 aliphatic rings. The van der Waals surface area contributed by atoms with Gasteiger partial charge in [-0.2, -0.15) is 0 Å². The Kier molecular flexibility index (Phi) is 5.19. The number of carboxylic acids is 1. The van der Waals surface area contributed by atoms with Crippen LogP contribution < -0.4 is 0 Å². The van der Waals surface area contributed by atoms with Gasteiger partial charge in [0.15, 0.2) is 5.54 Å². The van der Waals surface area contributed by atoms with Gasteiger partial charge >= 0.3 is 12.1 Å². The first kappa shape index (κ1) is 18.9. The van der Waals surface area contributed by atoms with Crippen molar-refractivity contribution < 1.29 is 24.5 Å². The number of aliphatic carboxylic acids is 1. The molecule has 2 N–H and O–H groups in total. The van der Waals surface area contributed by atoms with Crippen molar-refractivity contribution in [2.75, 3.05) is 19.8 Å². The second-order valence-corrected chi connectivity index (χ2v) is 6.79. The highest BCUT2D eigenvalue weighted by Crippen LogP contribution is 2.44. The number of aliphatic hydroxyl groups is 1. The summed E-state index contributed by atoms with van der Waals surface area (Å²) in [7, 11) is 0. The Labute approximate surface area is 158 Å². The third kappa shape index (κ3) is 3.17. The number of ether oxygens (including phenoxy) is 1. The van der Waals surface area contributed by atoms with E-state index in [0.717, 1.165) is 27.2 Å². The molecule has 1 aliphatic carbocycles. The maximum absolute atomic E-state index is 12.6. The third-order valence-corrected chi connectivity index (χ3v) is 5.24. The largest absolute Gasteiger partial charge is 0.479 e. The maximum Gasteiger partial charge on any atom is 0.410 e. The van der Waals surface area contributed by atoms with E-state index in [0.29, 0.717) is 0 Å². The highest BCUT2D eigenvalue weighted by atomic mass is 16.6. The Morgan fingerprint density at radius 3 is 2.04 bits per heavy atom. The highest BCUT2D eigenvalue weighted by Gasteiger charge is 2.42. The molecular weight excluding hydrogens is 346 g/mol. The van der Waals surface area contributed by atoms with Crippen molar-refractivity contribution in [3.8, 4) is 11.1 Å². The summed E-state index contributed by atoms with van der Waals surface area (Å²) in [6.45, 7) is 2.48. The van der Waals surface area contributed by atoms with Gasteiger partial charge in [-0.05, 0) is 36.1 Å². The van der Waals surface area contributed by atoms with Crippen LogP contribution in [0.4, 0.5) is 4.79 Å². The van der Waals surface area contributed by atoms with Gasteiger partial charge < -0.3 is 14.9 Å². The molecule has 3 rings (SSSR count). The Morgan fingerprint density at radius 2 is 1.59 bits per heavy atom. The van der Waals surface area contributed by atoms with Crippen molar-refractivity contribution in [1.29, 1.82) is 0 Å². The standard InChI is InChI=1S/C21H23NO5/c1-3-22(21(2,13-23)19(24)25)20(26)27-12-18-16-10-6-4-8-14(16)15-9-5-7-11-17(15)18/h4-11,18,23H,3,12-13H2,1-2H3,(H,24,25). The third-order valence-electron chi connectivity index (χ3n) is 5.24. The van der Waals surface area contributed by atoms with Gasteiger partial charge in [0.25, 0.3) is 0 Å². The van der Waals surface area contributed by atoms with E-state index < -0.39 is 24.2 Å². The first-order valence-electron chi connectivity index (χ1n) is 8.91. The average molecular weight is 369 g/mol. The minimum atomic E-state index is -1.72. The van der Waals surface area contributed by atoms with Gasteiger partial charge in [-0.3, -0.25) is 4.90 Å². The lowest BCUT2D eigenvalue weighted by atomic mass is 9.98. The smallest absolute Gasteiger partial charge is 0.410 e. The Hall–Kier alpha value is -2.86. The molecule has 0 fully saturated rings. The number of aliphatic hydroxyl groups excluding tert-OH is 1. The molecule has 0 saturated heterocycles. The van der Waals surface area contributed by atoms with E-state index in [4.69, 9.17) is 4.74 Å². The van der Waals surface area contributed by atoms with Gasteiger partial charge in [-0.1, -0.05) is 48.5 Å². The van der Waals surface area contributed by atoms with Gasteiger partial charge in [0.1, 0.15) is 6.61 Å². The zero-order valence-electron chi connectivity index (χ0n) is 15.4. The van der Waals surface area contributed by atoms with Gasteiger partial charge in [0.05, 0.1) is 6.61 Å². The first-order valence-corrected chi connectivity index (χ1v) is 8.91. The van der Waals surface area contributed by atoms with Crippen molar-refractivity contribution in [1.82, 2.24) is 4.90 Å². The van der Waals surface area contributed by atoms with Crippen LogP contribution in [0.25, 0.3) is 11.1 Å². The topological polar surface area (TPSA) is 87.1 Å². The number of carboxylic acid groups (broad SMARTS) is 1. The fourth-order valence-electron chi connectivity index (χ4n) is 3.62. The minimum absolute atomic E-state index is 0.102. The van der Waals surface area contributed by atoms with Crippen LogP contribution >= 0.6 is 0 Å². The molecule has 142 valence electrons. The van der Waals surface area contributed by atoms with Crippen molar-refractivity contribution in [2.45, 2.75) is 25.3 Å². The highest BCUT2D eigenvalue weighted by molar-refractivity contribution is 5.84. The van der Waals surface area contributed by atoms with E-state index in [-0.39, 0.29) is 19.1 Å². The second kappa shape index (κ2) is 7.40. The van der Waals surface area contributed by atoms with E-state index in [1.807, 2.05) is 48.5 Å². The molecule has 2 aromatic carbocycles. The zero-order chi connectivity index (χ0) is 19.6. The zero-order valence-corrected chi connectivity index (χ0v) is 15.4. The molecule has 1 atom stereocenters. The van der Waals surface area contributed by atoms with Crippen molar-refractivity contribution in [3.05, 3.63) is 59.7 Å².